The Morgan fingerprint density at radius 3 is 2.00 bits per heavy atom. The van der Waals surface area contributed by atoms with Crippen LogP contribution in [-0.2, 0) is 14.4 Å². The maximum absolute atomic E-state index is 11.2. The minimum Gasteiger partial charge on any atom is -0.359 e. The molecule has 5 heteroatoms. The maximum atomic E-state index is 11.2. The molecular formula is C14H16N2O3. The first-order valence-corrected chi connectivity index (χ1v) is 5.92. The Kier molecular flexibility index (Phi) is 5.47. The lowest BCUT2D eigenvalue weighted by Crippen LogP contribution is -2.29. The number of para-hydroxylation sites is 1. The van der Waals surface area contributed by atoms with E-state index in [1.54, 1.807) is 31.3 Å². The van der Waals surface area contributed by atoms with Crippen molar-refractivity contribution in [2.45, 2.75) is 13.3 Å². The molecule has 0 unspecified atom stereocenters. The van der Waals surface area contributed by atoms with Crippen LogP contribution in [0.2, 0.25) is 0 Å². The Balaban J connectivity index is 0.000000258. The zero-order chi connectivity index (χ0) is 14.3. The van der Waals surface area contributed by atoms with Crippen LogP contribution in [0.25, 0.3) is 0 Å². The number of rotatable bonds is 2. The van der Waals surface area contributed by atoms with Gasteiger partial charge in [0.05, 0.1) is 5.69 Å². The molecule has 100 valence electrons. The lowest BCUT2D eigenvalue weighted by Gasteiger charge is -2.12. The van der Waals surface area contributed by atoms with E-state index in [4.69, 9.17) is 0 Å². The van der Waals surface area contributed by atoms with Crippen LogP contribution in [-0.4, -0.2) is 24.8 Å². The third-order valence-corrected chi connectivity index (χ3v) is 2.42. The number of benzene rings is 1. The van der Waals surface area contributed by atoms with Gasteiger partial charge in [0.2, 0.25) is 5.91 Å². The number of hydrogen-bond donors (Lipinski definition) is 1. The quantitative estimate of drug-likeness (QED) is 0.814. The molecule has 19 heavy (non-hydrogen) atoms. The highest BCUT2D eigenvalue weighted by molar-refractivity contribution is 6.28. The van der Waals surface area contributed by atoms with Crippen molar-refractivity contribution >= 4 is 23.4 Å². The second-order valence-corrected chi connectivity index (χ2v) is 3.71. The highest BCUT2D eigenvalue weighted by Crippen LogP contribution is 2.17. The van der Waals surface area contributed by atoms with Crippen molar-refractivity contribution in [1.82, 2.24) is 5.32 Å². The van der Waals surface area contributed by atoms with Crippen LogP contribution in [0.15, 0.2) is 42.5 Å². The molecule has 1 aromatic carbocycles. The molecule has 0 bridgehead atoms. The molecule has 0 spiro atoms. The number of nitrogens with zero attached hydrogens (tertiary/aromatic N) is 1. The van der Waals surface area contributed by atoms with Gasteiger partial charge in [-0.3, -0.25) is 14.4 Å². The van der Waals surface area contributed by atoms with Crippen molar-refractivity contribution in [2.75, 3.05) is 11.9 Å². The van der Waals surface area contributed by atoms with Crippen molar-refractivity contribution in [3.8, 4) is 0 Å². The van der Waals surface area contributed by atoms with Gasteiger partial charge in [-0.05, 0) is 12.1 Å². The Hall–Kier alpha value is -2.43. The summed E-state index contributed by atoms with van der Waals surface area (Å²) in [4.78, 5) is 33.6. The topological polar surface area (TPSA) is 66.5 Å². The third kappa shape index (κ3) is 4.06. The average molecular weight is 260 g/mol. The van der Waals surface area contributed by atoms with Crippen molar-refractivity contribution in [1.29, 1.82) is 0 Å². The van der Waals surface area contributed by atoms with E-state index >= 15 is 0 Å². The van der Waals surface area contributed by atoms with Gasteiger partial charge in [0.25, 0.3) is 11.8 Å². The number of carbonyl (C=O) groups is 3. The molecule has 5 nitrogen and oxygen atoms in total. The minimum atomic E-state index is -0.281. The van der Waals surface area contributed by atoms with Crippen LogP contribution >= 0.6 is 0 Å². The number of nitrogens with one attached hydrogen (secondary N) is 1. The van der Waals surface area contributed by atoms with Gasteiger partial charge in [-0.2, -0.15) is 0 Å². The minimum absolute atomic E-state index is 0.0926. The van der Waals surface area contributed by atoms with Crippen LogP contribution in [0, 0.1) is 0 Å². The molecule has 3 amide bonds. The second-order valence-electron chi connectivity index (χ2n) is 3.71. The number of carbonyl (C=O) groups excluding carboxylic acids is 3. The Morgan fingerprint density at radius 2 is 1.63 bits per heavy atom. The smallest absolute Gasteiger partial charge is 0.258 e. The van der Waals surface area contributed by atoms with Gasteiger partial charge in [0.15, 0.2) is 0 Å². The highest BCUT2D eigenvalue weighted by Gasteiger charge is 2.24. The SMILES string of the molecule is CCC(=O)NC.O=C1C=CC(=O)N1c1ccccc1. The highest BCUT2D eigenvalue weighted by atomic mass is 16.2. The van der Waals surface area contributed by atoms with E-state index in [0.717, 1.165) is 4.90 Å². The van der Waals surface area contributed by atoms with E-state index in [1.807, 2.05) is 13.0 Å². The predicted octanol–water partition coefficient (Wildman–Crippen LogP) is 1.26. The monoisotopic (exact) mass is 260 g/mol. The normalized spacial score (nSPS) is 13.1. The summed E-state index contributed by atoms with van der Waals surface area (Å²) < 4.78 is 0. The van der Waals surface area contributed by atoms with Crippen LogP contribution in [0.4, 0.5) is 5.69 Å². The summed E-state index contributed by atoms with van der Waals surface area (Å²) in [6.07, 6.45) is 3.13. The lowest BCUT2D eigenvalue weighted by atomic mass is 10.3. The van der Waals surface area contributed by atoms with Crippen LogP contribution in [0.5, 0.6) is 0 Å². The summed E-state index contributed by atoms with van der Waals surface area (Å²) >= 11 is 0. The number of hydrogen-bond acceptors (Lipinski definition) is 3. The van der Waals surface area contributed by atoms with Crippen molar-refractivity contribution in [2.24, 2.45) is 0 Å². The molecule has 0 radical (unpaired) electrons. The first-order chi connectivity index (χ1) is 9.10. The van der Waals surface area contributed by atoms with E-state index in [0.29, 0.717) is 12.1 Å². The summed E-state index contributed by atoms with van der Waals surface area (Å²) in [6, 6.07) is 8.86. The summed E-state index contributed by atoms with van der Waals surface area (Å²) in [7, 11) is 1.63. The summed E-state index contributed by atoms with van der Waals surface area (Å²) in [5.41, 5.74) is 0.613. The van der Waals surface area contributed by atoms with Crippen molar-refractivity contribution in [3.05, 3.63) is 42.5 Å². The first kappa shape index (κ1) is 14.6. The molecule has 0 atom stereocenters. The molecular weight excluding hydrogens is 244 g/mol. The molecule has 1 aliphatic heterocycles. The van der Waals surface area contributed by atoms with Gasteiger partial charge >= 0.3 is 0 Å². The molecule has 0 aliphatic carbocycles. The van der Waals surface area contributed by atoms with Gasteiger partial charge in [0, 0.05) is 25.6 Å². The average Bonchev–Trinajstić information content (AvgIpc) is 2.79. The number of amides is 3. The molecule has 1 aromatic rings. The fourth-order valence-corrected chi connectivity index (χ4v) is 1.41. The fraction of sp³-hybridized carbons (Fsp3) is 0.214. The second kappa shape index (κ2) is 7.10. The van der Waals surface area contributed by atoms with Crippen molar-refractivity contribution in [3.63, 3.8) is 0 Å². The van der Waals surface area contributed by atoms with Crippen LogP contribution in [0.3, 0.4) is 0 Å². The van der Waals surface area contributed by atoms with Crippen LogP contribution in [0.1, 0.15) is 13.3 Å². The summed E-state index contributed by atoms with van der Waals surface area (Å²) in [5.74, 6) is -0.470. The molecule has 0 saturated heterocycles. The number of imide groups is 1. The molecule has 1 N–H and O–H groups in total. The molecule has 0 saturated carbocycles. The van der Waals surface area contributed by atoms with E-state index in [-0.39, 0.29) is 17.7 Å². The van der Waals surface area contributed by atoms with Crippen LogP contribution < -0.4 is 10.2 Å². The molecule has 0 fully saturated rings. The zero-order valence-corrected chi connectivity index (χ0v) is 10.9. The molecule has 1 aliphatic rings. The standard InChI is InChI=1S/C10H7NO2.C4H9NO/c12-9-6-7-10(13)11(9)8-4-2-1-3-5-8;1-3-4(6)5-2/h1-7H;3H2,1-2H3,(H,5,6). The van der Waals surface area contributed by atoms with E-state index in [2.05, 4.69) is 5.32 Å². The first-order valence-electron chi connectivity index (χ1n) is 5.92. The predicted molar refractivity (Wildman–Crippen MR) is 72.4 cm³/mol. The van der Waals surface area contributed by atoms with E-state index in [9.17, 15) is 14.4 Å². The zero-order valence-electron chi connectivity index (χ0n) is 10.9. The van der Waals surface area contributed by atoms with Gasteiger partial charge in [-0.25, -0.2) is 4.90 Å². The maximum Gasteiger partial charge on any atom is 0.258 e. The Morgan fingerprint density at radius 1 is 1.11 bits per heavy atom. The van der Waals surface area contributed by atoms with Crippen molar-refractivity contribution < 1.29 is 14.4 Å². The fourth-order valence-electron chi connectivity index (χ4n) is 1.41. The van der Waals surface area contributed by atoms with Gasteiger partial charge < -0.3 is 5.32 Å². The van der Waals surface area contributed by atoms with E-state index < -0.39 is 0 Å². The van der Waals surface area contributed by atoms with E-state index in [1.165, 1.54) is 12.2 Å². The number of anilines is 1. The summed E-state index contributed by atoms with van der Waals surface area (Å²) in [6.45, 7) is 1.82. The molecule has 1 heterocycles. The third-order valence-electron chi connectivity index (χ3n) is 2.42. The van der Waals surface area contributed by atoms with Gasteiger partial charge in [-0.15, -0.1) is 0 Å². The largest absolute Gasteiger partial charge is 0.359 e. The Labute approximate surface area is 111 Å². The lowest BCUT2D eigenvalue weighted by molar-refractivity contribution is -0.121. The van der Waals surface area contributed by atoms with Gasteiger partial charge in [-0.1, -0.05) is 25.1 Å². The van der Waals surface area contributed by atoms with Gasteiger partial charge in [0.1, 0.15) is 0 Å². The summed E-state index contributed by atoms with van der Waals surface area (Å²) in [5, 5.41) is 2.48. The Bertz CT molecular complexity index is 471. The molecule has 0 aromatic heterocycles. The molecule has 2 rings (SSSR count).